The van der Waals surface area contributed by atoms with E-state index in [0.717, 1.165) is 54.8 Å². The number of hydrogen-bond acceptors (Lipinski definition) is 2. The Bertz CT molecular complexity index is 703. The molecule has 1 unspecified atom stereocenters. The van der Waals surface area contributed by atoms with E-state index >= 15 is 0 Å². The SMILES string of the molecule is CC(C)CCC[C@@H](C)[C@H]1CC[C@H]2[C@@H]3CC=C4C[C@@H](O[P+](=O)O)CC[C@]4(C)[C@H]3CC[C@]12C. The molecule has 4 heteroatoms. The fraction of sp³-hybridized carbons (Fsp3) is 0.926. The maximum absolute atomic E-state index is 11.2. The largest absolute Gasteiger partial charge is 0.695 e. The van der Waals surface area contributed by atoms with Gasteiger partial charge in [-0.05, 0) is 91.3 Å². The van der Waals surface area contributed by atoms with Crippen LogP contribution in [0.2, 0.25) is 0 Å². The van der Waals surface area contributed by atoms with Crippen molar-refractivity contribution in [3.8, 4) is 0 Å². The van der Waals surface area contributed by atoms with E-state index < -0.39 is 8.25 Å². The molecule has 0 heterocycles. The van der Waals surface area contributed by atoms with Gasteiger partial charge in [-0.1, -0.05) is 65.5 Å². The molecule has 1 N–H and O–H groups in total. The molecule has 4 rings (SSSR count). The molecule has 176 valence electrons. The summed E-state index contributed by atoms with van der Waals surface area (Å²) in [7, 11) is -2.49. The first-order valence-corrected chi connectivity index (χ1v) is 14.3. The minimum absolute atomic E-state index is 0.0686. The summed E-state index contributed by atoms with van der Waals surface area (Å²) >= 11 is 0. The first kappa shape index (κ1) is 23.9. The van der Waals surface area contributed by atoms with Crippen molar-refractivity contribution in [2.24, 2.45) is 46.3 Å². The van der Waals surface area contributed by atoms with Crippen molar-refractivity contribution < 1.29 is 14.0 Å². The Hall–Kier alpha value is -0.240. The van der Waals surface area contributed by atoms with Crippen molar-refractivity contribution in [2.45, 2.75) is 111 Å². The Balaban J connectivity index is 1.47. The number of rotatable bonds is 7. The van der Waals surface area contributed by atoms with E-state index in [4.69, 9.17) is 4.52 Å². The van der Waals surface area contributed by atoms with Crippen LogP contribution in [0.5, 0.6) is 0 Å². The van der Waals surface area contributed by atoms with E-state index in [-0.39, 0.29) is 11.5 Å². The zero-order valence-electron chi connectivity index (χ0n) is 20.6. The van der Waals surface area contributed by atoms with Crippen molar-refractivity contribution in [3.05, 3.63) is 11.6 Å². The van der Waals surface area contributed by atoms with Crippen LogP contribution in [0.25, 0.3) is 0 Å². The Kier molecular flexibility index (Phi) is 7.08. The molecule has 0 spiro atoms. The van der Waals surface area contributed by atoms with E-state index in [1.807, 2.05) is 0 Å². The third-order valence-corrected chi connectivity index (χ3v) is 11.0. The van der Waals surface area contributed by atoms with Gasteiger partial charge >= 0.3 is 8.25 Å². The average molecular weight is 450 g/mol. The molecule has 0 bridgehead atoms. The molecule has 31 heavy (non-hydrogen) atoms. The molecule has 0 aromatic heterocycles. The zero-order chi connectivity index (χ0) is 22.4. The van der Waals surface area contributed by atoms with Crippen LogP contribution >= 0.6 is 8.25 Å². The normalized spacial score (nSPS) is 43.6. The molecule has 0 amide bonds. The minimum atomic E-state index is -2.49. The maximum atomic E-state index is 11.2. The average Bonchev–Trinajstić information content (AvgIpc) is 3.05. The molecule has 3 nitrogen and oxygen atoms in total. The third kappa shape index (κ3) is 4.45. The molecule has 3 saturated carbocycles. The second-order valence-electron chi connectivity index (χ2n) is 12.5. The number of fused-ring (bicyclic) bond motifs is 5. The molecule has 0 aromatic carbocycles. The molecular formula is C27H46O3P+. The molecular weight excluding hydrogens is 403 g/mol. The van der Waals surface area contributed by atoms with Gasteiger partial charge < -0.3 is 0 Å². The molecule has 4 aliphatic carbocycles. The van der Waals surface area contributed by atoms with E-state index in [1.165, 1.54) is 56.9 Å². The number of allylic oxidation sites excluding steroid dienone is 1. The van der Waals surface area contributed by atoms with Gasteiger partial charge in [0.15, 0.2) is 0 Å². The highest BCUT2D eigenvalue weighted by Gasteiger charge is 2.59. The van der Waals surface area contributed by atoms with Crippen molar-refractivity contribution in [1.29, 1.82) is 0 Å². The van der Waals surface area contributed by atoms with Crippen LogP contribution in [0.4, 0.5) is 0 Å². The van der Waals surface area contributed by atoms with Crippen LogP contribution in [0.1, 0.15) is 105 Å². The predicted molar refractivity (Wildman–Crippen MR) is 128 cm³/mol. The Morgan fingerprint density at radius 1 is 1.10 bits per heavy atom. The zero-order valence-corrected chi connectivity index (χ0v) is 21.5. The van der Waals surface area contributed by atoms with Gasteiger partial charge in [0.05, 0.1) is 0 Å². The monoisotopic (exact) mass is 449 g/mol. The van der Waals surface area contributed by atoms with Gasteiger partial charge in [0, 0.05) is 11.0 Å². The lowest BCUT2D eigenvalue weighted by Gasteiger charge is -2.58. The Morgan fingerprint density at radius 2 is 1.87 bits per heavy atom. The van der Waals surface area contributed by atoms with E-state index in [9.17, 15) is 9.46 Å². The topological polar surface area (TPSA) is 46.5 Å². The summed E-state index contributed by atoms with van der Waals surface area (Å²) in [5.74, 6) is 5.13. The van der Waals surface area contributed by atoms with Gasteiger partial charge in [-0.3, -0.25) is 0 Å². The molecule has 0 aliphatic heterocycles. The summed E-state index contributed by atoms with van der Waals surface area (Å²) in [6, 6.07) is 0. The smallest absolute Gasteiger partial charge is 0.133 e. The fourth-order valence-electron chi connectivity index (χ4n) is 8.87. The van der Waals surface area contributed by atoms with Gasteiger partial charge in [0.2, 0.25) is 0 Å². The van der Waals surface area contributed by atoms with Gasteiger partial charge in [0.1, 0.15) is 6.10 Å². The quantitative estimate of drug-likeness (QED) is 0.316. The predicted octanol–water partition coefficient (Wildman–Crippen LogP) is 8.06. The highest BCUT2D eigenvalue weighted by atomic mass is 31.1. The minimum Gasteiger partial charge on any atom is -0.133 e. The van der Waals surface area contributed by atoms with Gasteiger partial charge in [-0.15, -0.1) is 9.42 Å². The molecule has 9 atom stereocenters. The molecule has 0 radical (unpaired) electrons. The molecule has 0 aromatic rings. The highest BCUT2D eigenvalue weighted by Crippen LogP contribution is 2.67. The third-order valence-electron chi connectivity index (χ3n) is 10.5. The summed E-state index contributed by atoms with van der Waals surface area (Å²) < 4.78 is 16.5. The summed E-state index contributed by atoms with van der Waals surface area (Å²) in [5, 5.41) is 0. The lowest BCUT2D eigenvalue weighted by molar-refractivity contribution is -0.0560. The number of hydrogen-bond donors (Lipinski definition) is 1. The lowest BCUT2D eigenvalue weighted by atomic mass is 9.47. The lowest BCUT2D eigenvalue weighted by Crippen LogP contribution is -2.50. The van der Waals surface area contributed by atoms with Crippen LogP contribution in [0.3, 0.4) is 0 Å². The van der Waals surface area contributed by atoms with Crippen LogP contribution < -0.4 is 0 Å². The van der Waals surface area contributed by atoms with Crippen molar-refractivity contribution in [3.63, 3.8) is 0 Å². The Labute approximate surface area is 191 Å². The Morgan fingerprint density at radius 3 is 2.58 bits per heavy atom. The van der Waals surface area contributed by atoms with E-state index in [0.29, 0.717) is 5.41 Å². The summed E-state index contributed by atoms with van der Waals surface area (Å²) in [6.45, 7) is 12.4. The fourth-order valence-corrected chi connectivity index (χ4v) is 9.30. The van der Waals surface area contributed by atoms with Crippen LogP contribution in [0, 0.1) is 46.3 Å². The molecule has 3 fully saturated rings. The van der Waals surface area contributed by atoms with E-state index in [2.05, 4.69) is 40.7 Å². The van der Waals surface area contributed by atoms with Gasteiger partial charge in [-0.25, -0.2) is 0 Å². The van der Waals surface area contributed by atoms with Crippen LogP contribution in [-0.4, -0.2) is 11.0 Å². The van der Waals surface area contributed by atoms with Crippen molar-refractivity contribution in [1.82, 2.24) is 0 Å². The molecule has 0 saturated heterocycles. The highest BCUT2D eigenvalue weighted by molar-refractivity contribution is 7.32. The summed E-state index contributed by atoms with van der Waals surface area (Å²) in [5.41, 5.74) is 2.35. The van der Waals surface area contributed by atoms with Crippen molar-refractivity contribution in [2.75, 3.05) is 0 Å². The maximum Gasteiger partial charge on any atom is 0.695 e. The van der Waals surface area contributed by atoms with Gasteiger partial charge in [-0.2, -0.15) is 0 Å². The van der Waals surface area contributed by atoms with Gasteiger partial charge in [0.25, 0.3) is 0 Å². The van der Waals surface area contributed by atoms with Crippen LogP contribution in [0.15, 0.2) is 11.6 Å². The summed E-state index contributed by atoms with van der Waals surface area (Å²) in [6.07, 6.45) is 16.4. The summed E-state index contributed by atoms with van der Waals surface area (Å²) in [4.78, 5) is 9.20. The first-order valence-electron chi connectivity index (χ1n) is 13.2. The first-order chi connectivity index (χ1) is 14.6. The van der Waals surface area contributed by atoms with E-state index in [1.54, 1.807) is 0 Å². The van der Waals surface area contributed by atoms with Crippen LogP contribution in [-0.2, 0) is 9.09 Å². The van der Waals surface area contributed by atoms with Crippen molar-refractivity contribution >= 4 is 8.25 Å². The molecule has 4 aliphatic rings. The second kappa shape index (κ2) is 9.19. The second-order valence-corrected chi connectivity index (χ2v) is 13.2. The standard InChI is InChI=1S/C27H45O3P/c1-18(2)7-6-8-19(3)23-11-12-24-22-10-9-20-17-21(30-31(28)29)13-15-26(20,4)25(22)14-16-27(23,24)5/h9,18-19,21-25H,6-8,10-17H2,1-5H3/p+1/t19-,21+,22+,23-,24+,25+,26+,27-/m1/s1.